The van der Waals surface area contributed by atoms with Gasteiger partial charge >= 0.3 is 0 Å². The second kappa shape index (κ2) is 5.88. The van der Waals surface area contributed by atoms with Gasteiger partial charge in [0.05, 0.1) is 12.2 Å². The van der Waals surface area contributed by atoms with Crippen molar-refractivity contribution in [3.8, 4) is 0 Å². The van der Waals surface area contributed by atoms with Crippen molar-refractivity contribution in [1.29, 1.82) is 0 Å². The van der Waals surface area contributed by atoms with E-state index in [1.54, 1.807) is 11.3 Å². The fourth-order valence-electron chi connectivity index (χ4n) is 2.04. The first-order valence-electron chi connectivity index (χ1n) is 6.53. The number of fused-ring (bicyclic) bond motifs is 1. The van der Waals surface area contributed by atoms with E-state index < -0.39 is 0 Å². The van der Waals surface area contributed by atoms with Crippen LogP contribution >= 0.6 is 11.3 Å². The lowest BCUT2D eigenvalue weighted by molar-refractivity contribution is -0.121. The highest BCUT2D eigenvalue weighted by Gasteiger charge is 2.05. The van der Waals surface area contributed by atoms with Gasteiger partial charge in [0.2, 0.25) is 5.91 Å². The summed E-state index contributed by atoms with van der Waals surface area (Å²) < 4.78 is 1.97. The number of hydrogen-bond donors (Lipinski definition) is 1. The van der Waals surface area contributed by atoms with E-state index in [0.717, 1.165) is 17.1 Å². The van der Waals surface area contributed by atoms with Crippen LogP contribution in [0, 0.1) is 0 Å². The first-order valence-corrected chi connectivity index (χ1v) is 7.41. The summed E-state index contributed by atoms with van der Waals surface area (Å²) in [7, 11) is 0. The molecule has 2 aromatic heterocycles. The highest BCUT2D eigenvalue weighted by molar-refractivity contribution is 7.15. The van der Waals surface area contributed by atoms with Gasteiger partial charge in [-0.3, -0.25) is 9.20 Å². The summed E-state index contributed by atoms with van der Waals surface area (Å²) in [5.74, 6) is 0.0604. The first kappa shape index (κ1) is 12.9. The molecule has 1 N–H and O–H groups in total. The van der Waals surface area contributed by atoms with Crippen LogP contribution < -0.4 is 5.32 Å². The Labute approximate surface area is 121 Å². The van der Waals surface area contributed by atoms with E-state index >= 15 is 0 Å². The molecule has 5 heteroatoms. The molecular formula is C15H15N3OS. The van der Waals surface area contributed by atoms with Crippen molar-refractivity contribution in [2.24, 2.45) is 0 Å². The predicted octanol–water partition coefficient (Wildman–Crippen LogP) is 2.64. The van der Waals surface area contributed by atoms with Crippen molar-refractivity contribution >= 4 is 22.2 Å². The Hall–Kier alpha value is -2.14. The Kier molecular flexibility index (Phi) is 3.78. The standard InChI is InChI=1S/C15H15N3OS/c19-14(7-6-12-4-2-1-3-5-12)16-10-13-11-18-8-9-20-15(18)17-13/h1-5,8-9,11H,6-7,10H2,(H,16,19). The smallest absolute Gasteiger partial charge is 0.220 e. The van der Waals surface area contributed by atoms with Crippen molar-refractivity contribution in [3.05, 3.63) is 59.4 Å². The number of nitrogens with one attached hydrogen (secondary N) is 1. The Bertz CT molecular complexity index is 674. The fourth-order valence-corrected chi connectivity index (χ4v) is 2.76. The van der Waals surface area contributed by atoms with Crippen LogP contribution in [-0.2, 0) is 17.8 Å². The molecule has 102 valence electrons. The number of carbonyl (C=O) groups excluding carboxylic acids is 1. The SMILES string of the molecule is O=C(CCc1ccccc1)NCc1cn2ccsc2n1. The zero-order valence-corrected chi connectivity index (χ0v) is 11.8. The summed E-state index contributed by atoms with van der Waals surface area (Å²) in [6, 6.07) is 10.0. The van der Waals surface area contributed by atoms with Crippen LogP contribution in [0.15, 0.2) is 48.1 Å². The van der Waals surface area contributed by atoms with Gasteiger partial charge in [-0.25, -0.2) is 4.98 Å². The van der Waals surface area contributed by atoms with Gasteiger partial charge in [-0.05, 0) is 12.0 Å². The van der Waals surface area contributed by atoms with Crippen molar-refractivity contribution in [3.63, 3.8) is 0 Å². The molecule has 0 saturated heterocycles. The second-order valence-electron chi connectivity index (χ2n) is 4.59. The number of amides is 1. The number of aryl methyl sites for hydroxylation is 1. The Morgan fingerprint density at radius 2 is 2.15 bits per heavy atom. The molecule has 2 heterocycles. The van der Waals surface area contributed by atoms with E-state index in [-0.39, 0.29) is 5.91 Å². The predicted molar refractivity (Wildman–Crippen MR) is 79.7 cm³/mol. The number of hydrogen-bond acceptors (Lipinski definition) is 3. The van der Waals surface area contributed by atoms with Gasteiger partial charge in [0.15, 0.2) is 4.96 Å². The van der Waals surface area contributed by atoms with Crippen LogP contribution in [0.3, 0.4) is 0 Å². The molecule has 1 amide bonds. The van der Waals surface area contributed by atoms with Gasteiger partial charge in [0, 0.05) is 24.2 Å². The topological polar surface area (TPSA) is 46.4 Å². The maximum absolute atomic E-state index is 11.8. The Balaban J connectivity index is 1.48. The number of aromatic nitrogens is 2. The molecule has 0 aliphatic rings. The highest BCUT2D eigenvalue weighted by Crippen LogP contribution is 2.11. The van der Waals surface area contributed by atoms with Gasteiger partial charge in [0.1, 0.15) is 0 Å². The maximum Gasteiger partial charge on any atom is 0.220 e. The van der Waals surface area contributed by atoms with Crippen LogP contribution in [0.4, 0.5) is 0 Å². The summed E-state index contributed by atoms with van der Waals surface area (Å²) >= 11 is 1.59. The van der Waals surface area contributed by atoms with E-state index in [4.69, 9.17) is 0 Å². The van der Waals surface area contributed by atoms with E-state index in [0.29, 0.717) is 13.0 Å². The lowest BCUT2D eigenvalue weighted by Crippen LogP contribution is -2.23. The number of carbonyl (C=O) groups is 1. The maximum atomic E-state index is 11.8. The van der Waals surface area contributed by atoms with Crippen LogP contribution in [0.25, 0.3) is 4.96 Å². The third kappa shape index (κ3) is 3.05. The van der Waals surface area contributed by atoms with Crippen molar-refractivity contribution in [2.45, 2.75) is 19.4 Å². The Morgan fingerprint density at radius 3 is 2.95 bits per heavy atom. The summed E-state index contributed by atoms with van der Waals surface area (Å²) in [4.78, 5) is 17.2. The minimum atomic E-state index is 0.0604. The molecule has 3 aromatic rings. The van der Waals surface area contributed by atoms with Gasteiger partial charge in [-0.15, -0.1) is 11.3 Å². The normalized spacial score (nSPS) is 10.8. The van der Waals surface area contributed by atoms with E-state index in [1.807, 2.05) is 52.5 Å². The molecule has 0 spiro atoms. The largest absolute Gasteiger partial charge is 0.350 e. The first-order chi connectivity index (χ1) is 9.81. The molecule has 0 saturated carbocycles. The number of benzene rings is 1. The van der Waals surface area contributed by atoms with E-state index in [1.165, 1.54) is 5.56 Å². The zero-order chi connectivity index (χ0) is 13.8. The summed E-state index contributed by atoms with van der Waals surface area (Å²) in [6.07, 6.45) is 5.19. The van der Waals surface area contributed by atoms with Gasteiger partial charge in [0.25, 0.3) is 0 Å². The van der Waals surface area contributed by atoms with Gasteiger partial charge < -0.3 is 5.32 Å². The molecule has 4 nitrogen and oxygen atoms in total. The van der Waals surface area contributed by atoms with E-state index in [9.17, 15) is 4.79 Å². The molecule has 0 aliphatic heterocycles. The van der Waals surface area contributed by atoms with Crippen molar-refractivity contribution in [1.82, 2.24) is 14.7 Å². The minimum Gasteiger partial charge on any atom is -0.350 e. The molecule has 0 atom stereocenters. The summed E-state index contributed by atoms with van der Waals surface area (Å²) in [6.45, 7) is 0.488. The van der Waals surface area contributed by atoms with Crippen molar-refractivity contribution in [2.75, 3.05) is 0 Å². The zero-order valence-electron chi connectivity index (χ0n) is 11.0. The average molecular weight is 285 g/mol. The van der Waals surface area contributed by atoms with Crippen LogP contribution in [0.1, 0.15) is 17.7 Å². The molecule has 0 bridgehead atoms. The van der Waals surface area contributed by atoms with Crippen LogP contribution in [0.2, 0.25) is 0 Å². The van der Waals surface area contributed by atoms with Crippen LogP contribution in [0.5, 0.6) is 0 Å². The molecular weight excluding hydrogens is 270 g/mol. The van der Waals surface area contributed by atoms with Gasteiger partial charge in [-0.2, -0.15) is 0 Å². The monoisotopic (exact) mass is 285 g/mol. The molecule has 1 aromatic carbocycles. The number of rotatable bonds is 5. The van der Waals surface area contributed by atoms with Crippen molar-refractivity contribution < 1.29 is 4.79 Å². The second-order valence-corrected chi connectivity index (χ2v) is 5.46. The third-order valence-corrected chi connectivity index (χ3v) is 3.86. The highest BCUT2D eigenvalue weighted by atomic mass is 32.1. The van der Waals surface area contributed by atoms with E-state index in [2.05, 4.69) is 10.3 Å². The number of thiazole rings is 1. The fraction of sp³-hybridized carbons (Fsp3) is 0.200. The molecule has 0 radical (unpaired) electrons. The Morgan fingerprint density at radius 1 is 1.30 bits per heavy atom. The molecule has 0 aliphatic carbocycles. The summed E-state index contributed by atoms with van der Waals surface area (Å²) in [5.41, 5.74) is 2.08. The molecule has 0 fully saturated rings. The lowest BCUT2D eigenvalue weighted by Gasteiger charge is -2.03. The van der Waals surface area contributed by atoms with Gasteiger partial charge in [-0.1, -0.05) is 30.3 Å². The molecule has 3 rings (SSSR count). The van der Waals surface area contributed by atoms with Crippen LogP contribution in [-0.4, -0.2) is 15.3 Å². The number of nitrogens with zero attached hydrogens (tertiary/aromatic N) is 2. The molecule has 20 heavy (non-hydrogen) atoms. The number of imidazole rings is 1. The quantitative estimate of drug-likeness (QED) is 0.783. The third-order valence-electron chi connectivity index (χ3n) is 3.09. The minimum absolute atomic E-state index is 0.0604. The lowest BCUT2D eigenvalue weighted by atomic mass is 10.1. The average Bonchev–Trinajstić information content (AvgIpc) is 3.05. The summed E-state index contributed by atoms with van der Waals surface area (Å²) in [5, 5.41) is 4.90. The molecule has 0 unspecified atom stereocenters.